The molecule has 3 heteroatoms. The Morgan fingerprint density at radius 2 is 0.885 bits per heavy atom. The molecule has 0 saturated carbocycles. The minimum Gasteiger partial charge on any atom is -0.456 e. The number of rotatable bonds is 7. The molecule has 0 spiro atoms. The molecule has 0 atom stereocenters. The van der Waals surface area contributed by atoms with Crippen LogP contribution in [0.1, 0.15) is 0 Å². The first-order valence-electron chi connectivity index (χ1n) is 20.8. The van der Waals surface area contributed by atoms with Gasteiger partial charge in [-0.3, -0.25) is 0 Å². The van der Waals surface area contributed by atoms with Crippen molar-refractivity contribution in [1.29, 1.82) is 0 Å². The van der Waals surface area contributed by atoms with Gasteiger partial charge in [-0.25, -0.2) is 0 Å². The monoisotopic (exact) mass is 795 g/mol. The Hall–Kier alpha value is -7.72. The van der Waals surface area contributed by atoms with Crippen molar-refractivity contribution in [3.63, 3.8) is 0 Å². The molecule has 0 aliphatic rings. The van der Waals surface area contributed by atoms with E-state index in [0.717, 1.165) is 55.7 Å². The minimum atomic E-state index is 0.887. The molecule has 12 aromatic rings. The van der Waals surface area contributed by atoms with Gasteiger partial charge in [-0.15, -0.1) is 11.3 Å². The lowest BCUT2D eigenvalue weighted by Crippen LogP contribution is -2.12. The number of hydrogen-bond acceptors (Lipinski definition) is 3. The number of anilines is 3. The van der Waals surface area contributed by atoms with Crippen LogP contribution in [0.2, 0.25) is 0 Å². The van der Waals surface area contributed by atoms with Crippen molar-refractivity contribution in [2.24, 2.45) is 0 Å². The highest BCUT2D eigenvalue weighted by Gasteiger charge is 2.24. The first-order chi connectivity index (χ1) is 30.3. The van der Waals surface area contributed by atoms with Crippen molar-refractivity contribution < 1.29 is 4.42 Å². The fourth-order valence-electron chi connectivity index (χ4n) is 9.41. The van der Waals surface area contributed by atoms with Gasteiger partial charge in [0.15, 0.2) is 0 Å². The average Bonchev–Trinajstić information content (AvgIpc) is 3.91. The highest BCUT2D eigenvalue weighted by atomic mass is 32.1. The highest BCUT2D eigenvalue weighted by molar-refractivity contribution is 7.26. The fourth-order valence-corrected chi connectivity index (χ4v) is 10.6. The Kier molecular flexibility index (Phi) is 8.39. The quantitative estimate of drug-likeness (QED) is 0.160. The maximum Gasteiger partial charge on any atom is 0.136 e. The van der Waals surface area contributed by atoms with Crippen molar-refractivity contribution >= 4 is 81.3 Å². The Morgan fingerprint density at radius 1 is 0.344 bits per heavy atom. The molecule has 0 amide bonds. The molecule has 0 aliphatic carbocycles. The zero-order chi connectivity index (χ0) is 40.3. The summed E-state index contributed by atoms with van der Waals surface area (Å²) in [4.78, 5) is 2.48. The number of hydrogen-bond donors (Lipinski definition) is 0. The van der Waals surface area contributed by atoms with Crippen LogP contribution in [0.5, 0.6) is 0 Å². The van der Waals surface area contributed by atoms with Gasteiger partial charge in [0.25, 0.3) is 0 Å². The summed E-state index contributed by atoms with van der Waals surface area (Å²) in [5.74, 6) is 0. The zero-order valence-corrected chi connectivity index (χ0v) is 33.9. The molecule has 0 bridgehead atoms. The minimum absolute atomic E-state index is 0.887. The Morgan fingerprint density at radius 3 is 1.70 bits per heavy atom. The van der Waals surface area contributed by atoms with E-state index in [1.165, 1.54) is 58.8 Å². The summed E-state index contributed by atoms with van der Waals surface area (Å²) in [6.45, 7) is 0. The largest absolute Gasteiger partial charge is 0.456 e. The predicted octanol–water partition coefficient (Wildman–Crippen LogP) is 17.2. The number of benzene rings is 10. The summed E-state index contributed by atoms with van der Waals surface area (Å²) in [6.07, 6.45) is 0. The van der Waals surface area contributed by atoms with E-state index in [0.29, 0.717) is 0 Å². The number of fused-ring (bicyclic) bond motifs is 7. The topological polar surface area (TPSA) is 16.4 Å². The van der Waals surface area contributed by atoms with Crippen LogP contribution in [-0.4, -0.2) is 0 Å². The van der Waals surface area contributed by atoms with E-state index in [4.69, 9.17) is 4.42 Å². The van der Waals surface area contributed by atoms with E-state index in [1.54, 1.807) is 0 Å². The summed E-state index contributed by atoms with van der Waals surface area (Å²) in [6, 6.07) is 81.3. The molecule has 286 valence electrons. The van der Waals surface area contributed by atoms with E-state index < -0.39 is 0 Å². The number of furan rings is 1. The van der Waals surface area contributed by atoms with Crippen molar-refractivity contribution in [1.82, 2.24) is 0 Å². The lowest BCUT2D eigenvalue weighted by atomic mass is 9.90. The SMILES string of the molecule is c1ccc(-c2cccc3cccc(-c4ccccc4N(c4cccc(-c5cccc6oc7ccccc7c56)c4)c4ccccc4-c4cccc5c4sc4ccccc45)c23)cc1. The summed E-state index contributed by atoms with van der Waals surface area (Å²) in [5, 5.41) is 7.27. The molecule has 0 N–H and O–H groups in total. The van der Waals surface area contributed by atoms with Crippen LogP contribution in [0.3, 0.4) is 0 Å². The Bertz CT molecular complexity index is 3610. The molecular formula is C58H37NOS. The van der Waals surface area contributed by atoms with Crippen LogP contribution in [-0.2, 0) is 0 Å². The molecule has 2 nitrogen and oxygen atoms in total. The predicted molar refractivity (Wildman–Crippen MR) is 261 cm³/mol. The van der Waals surface area contributed by atoms with Crippen LogP contribution in [0.25, 0.3) is 97.4 Å². The Labute approximate surface area is 357 Å². The van der Waals surface area contributed by atoms with E-state index in [9.17, 15) is 0 Å². The van der Waals surface area contributed by atoms with Gasteiger partial charge in [0.2, 0.25) is 0 Å². The summed E-state index contributed by atoms with van der Waals surface area (Å²) >= 11 is 1.87. The smallest absolute Gasteiger partial charge is 0.136 e. The highest BCUT2D eigenvalue weighted by Crippen LogP contribution is 2.50. The third kappa shape index (κ3) is 5.85. The number of nitrogens with zero attached hydrogens (tertiary/aromatic N) is 1. The molecule has 0 aliphatic heterocycles. The van der Waals surface area contributed by atoms with E-state index in [-0.39, 0.29) is 0 Å². The molecule has 2 heterocycles. The van der Waals surface area contributed by atoms with Gasteiger partial charge < -0.3 is 9.32 Å². The van der Waals surface area contributed by atoms with E-state index in [1.807, 2.05) is 17.4 Å². The molecule has 0 saturated heterocycles. The van der Waals surface area contributed by atoms with Crippen LogP contribution < -0.4 is 4.90 Å². The molecule has 0 fully saturated rings. The van der Waals surface area contributed by atoms with Crippen LogP contribution in [0, 0.1) is 0 Å². The summed E-state index contributed by atoms with van der Waals surface area (Å²) < 4.78 is 8.97. The first-order valence-corrected chi connectivity index (χ1v) is 21.6. The van der Waals surface area contributed by atoms with Crippen molar-refractivity contribution in [2.75, 3.05) is 4.90 Å². The average molecular weight is 796 g/mol. The van der Waals surface area contributed by atoms with Crippen molar-refractivity contribution in [3.8, 4) is 44.5 Å². The molecule has 10 aromatic carbocycles. The summed E-state index contributed by atoms with van der Waals surface area (Å²) in [7, 11) is 0. The molecule has 12 rings (SSSR count). The lowest BCUT2D eigenvalue weighted by Gasteiger charge is -2.30. The second-order valence-corrected chi connectivity index (χ2v) is 16.6. The van der Waals surface area contributed by atoms with E-state index >= 15 is 0 Å². The molecule has 2 aromatic heterocycles. The standard InChI is InChI=1S/C58H37NOS/c1-2-17-38(18-3-1)42-27-13-19-39-20-14-29-47(56(39)42)44-23-4-8-32-51(44)59(41-22-12-21-40(37-41)43-28-16-35-54-57(43)50-26-6-10-34-53(50)60-54)52-33-9-5-24-45(52)48-30-15-31-49-46-25-7-11-36-55(46)61-58(48)49/h1-37H. The van der Waals surface area contributed by atoms with Gasteiger partial charge in [0.1, 0.15) is 11.2 Å². The third-order valence-corrected chi connectivity index (χ3v) is 13.3. The number of para-hydroxylation sites is 3. The van der Waals surface area contributed by atoms with Crippen LogP contribution in [0.4, 0.5) is 17.1 Å². The molecular weight excluding hydrogens is 759 g/mol. The molecule has 0 unspecified atom stereocenters. The van der Waals surface area contributed by atoms with Gasteiger partial charge in [0.05, 0.1) is 11.4 Å². The second-order valence-electron chi connectivity index (χ2n) is 15.6. The van der Waals surface area contributed by atoms with Crippen LogP contribution in [0.15, 0.2) is 229 Å². The molecule has 61 heavy (non-hydrogen) atoms. The van der Waals surface area contributed by atoms with Gasteiger partial charge >= 0.3 is 0 Å². The first kappa shape index (κ1) is 35.2. The normalized spacial score (nSPS) is 11.6. The zero-order valence-electron chi connectivity index (χ0n) is 33.1. The summed E-state index contributed by atoms with van der Waals surface area (Å²) in [5.41, 5.74) is 14.5. The van der Waals surface area contributed by atoms with E-state index in [2.05, 4.69) is 223 Å². The second kappa shape index (κ2) is 14.5. The van der Waals surface area contributed by atoms with Gasteiger partial charge in [-0.1, -0.05) is 182 Å². The van der Waals surface area contributed by atoms with Crippen molar-refractivity contribution in [3.05, 3.63) is 224 Å². The third-order valence-electron chi connectivity index (χ3n) is 12.1. The maximum absolute atomic E-state index is 6.38. The van der Waals surface area contributed by atoms with Gasteiger partial charge in [0, 0.05) is 53.3 Å². The fraction of sp³-hybridized carbons (Fsp3) is 0. The van der Waals surface area contributed by atoms with Crippen LogP contribution >= 0.6 is 11.3 Å². The lowest BCUT2D eigenvalue weighted by molar-refractivity contribution is 0.669. The Balaban J connectivity index is 1.13. The maximum atomic E-state index is 6.38. The van der Waals surface area contributed by atoms with Gasteiger partial charge in [-0.05, 0) is 81.1 Å². The number of thiophene rings is 1. The van der Waals surface area contributed by atoms with Crippen molar-refractivity contribution in [2.45, 2.75) is 0 Å². The van der Waals surface area contributed by atoms with Gasteiger partial charge in [-0.2, -0.15) is 0 Å². The molecule has 0 radical (unpaired) electrons.